The Hall–Kier alpha value is -2.93. The van der Waals surface area contributed by atoms with E-state index in [1.807, 2.05) is 60.7 Å². The number of carbonyl (C=O) groups is 2. The molecule has 30 heavy (non-hydrogen) atoms. The summed E-state index contributed by atoms with van der Waals surface area (Å²) in [6.07, 6.45) is -0.647. The average Bonchev–Trinajstić information content (AvgIpc) is 3.15. The molecule has 0 unspecified atom stereocenters. The second-order valence-electron chi connectivity index (χ2n) is 8.21. The predicted octanol–water partition coefficient (Wildman–Crippen LogP) is 4.59. The lowest BCUT2D eigenvalue weighted by Crippen LogP contribution is -2.45. The van der Waals surface area contributed by atoms with Crippen molar-refractivity contribution in [3.8, 4) is 0 Å². The third-order valence-electron chi connectivity index (χ3n) is 4.94. The SMILES string of the molecule is CCOC(=O)[C@@H]1[C@@H](c2ccccc2)C([Si](C)(C)C)=NN1C(=O)OCc1ccccc1. The molecule has 1 amide bonds. The molecule has 0 saturated carbocycles. The zero-order valence-corrected chi connectivity index (χ0v) is 18.9. The minimum Gasteiger partial charge on any atom is -0.464 e. The molecule has 0 aliphatic carbocycles. The third-order valence-corrected chi connectivity index (χ3v) is 6.88. The molecule has 2 aromatic rings. The smallest absolute Gasteiger partial charge is 0.431 e. The van der Waals surface area contributed by atoms with Gasteiger partial charge in [-0.1, -0.05) is 80.3 Å². The van der Waals surface area contributed by atoms with E-state index >= 15 is 0 Å². The Kier molecular flexibility index (Phi) is 6.72. The van der Waals surface area contributed by atoms with Crippen molar-refractivity contribution in [3.05, 3.63) is 71.8 Å². The van der Waals surface area contributed by atoms with Gasteiger partial charge in [0.1, 0.15) is 6.61 Å². The van der Waals surface area contributed by atoms with Crippen LogP contribution in [-0.2, 0) is 20.9 Å². The number of ether oxygens (including phenoxy) is 2. The summed E-state index contributed by atoms with van der Waals surface area (Å²) in [4.78, 5) is 26.0. The maximum atomic E-state index is 13.0. The number of esters is 1. The lowest BCUT2D eigenvalue weighted by atomic mass is 9.93. The van der Waals surface area contributed by atoms with E-state index in [-0.39, 0.29) is 19.1 Å². The maximum absolute atomic E-state index is 13.0. The summed E-state index contributed by atoms with van der Waals surface area (Å²) in [5.41, 5.74) is 1.81. The van der Waals surface area contributed by atoms with Gasteiger partial charge in [0.15, 0.2) is 6.04 Å². The second kappa shape index (κ2) is 9.26. The Bertz CT molecular complexity index is 910. The van der Waals surface area contributed by atoms with Gasteiger partial charge in [0.25, 0.3) is 0 Å². The summed E-state index contributed by atoms with van der Waals surface area (Å²) < 4.78 is 10.8. The number of carbonyl (C=O) groups excluding carboxylic acids is 2. The minimum atomic E-state index is -1.96. The summed E-state index contributed by atoms with van der Waals surface area (Å²) in [6.45, 7) is 8.56. The van der Waals surface area contributed by atoms with E-state index in [0.29, 0.717) is 0 Å². The topological polar surface area (TPSA) is 68.2 Å². The zero-order valence-electron chi connectivity index (χ0n) is 17.9. The van der Waals surface area contributed by atoms with Crippen LogP contribution in [0.3, 0.4) is 0 Å². The largest absolute Gasteiger partial charge is 0.464 e. The van der Waals surface area contributed by atoms with E-state index in [0.717, 1.165) is 16.5 Å². The van der Waals surface area contributed by atoms with E-state index in [1.165, 1.54) is 5.01 Å². The Morgan fingerprint density at radius 3 is 2.13 bits per heavy atom. The van der Waals surface area contributed by atoms with Gasteiger partial charge in [-0.2, -0.15) is 10.1 Å². The minimum absolute atomic E-state index is 0.111. The average molecular weight is 425 g/mol. The molecule has 2 atom stereocenters. The molecule has 0 N–H and O–H groups in total. The molecule has 6 nitrogen and oxygen atoms in total. The van der Waals surface area contributed by atoms with Crippen molar-refractivity contribution in [2.45, 2.75) is 45.1 Å². The molecular weight excluding hydrogens is 396 g/mol. The highest BCUT2D eigenvalue weighted by Crippen LogP contribution is 2.36. The fourth-order valence-electron chi connectivity index (χ4n) is 3.55. The molecule has 2 aromatic carbocycles. The molecule has 1 aliphatic heterocycles. The Morgan fingerprint density at radius 1 is 0.967 bits per heavy atom. The molecule has 0 spiro atoms. The van der Waals surface area contributed by atoms with Crippen LogP contribution < -0.4 is 0 Å². The first-order valence-electron chi connectivity index (χ1n) is 10.1. The number of hydrogen-bond acceptors (Lipinski definition) is 5. The fourth-order valence-corrected chi connectivity index (χ4v) is 5.22. The first kappa shape index (κ1) is 21.8. The van der Waals surface area contributed by atoms with Crippen LogP contribution in [0.5, 0.6) is 0 Å². The van der Waals surface area contributed by atoms with E-state index < -0.39 is 26.2 Å². The second-order valence-corrected chi connectivity index (χ2v) is 13.2. The molecule has 0 bridgehead atoms. The van der Waals surface area contributed by atoms with Crippen LogP contribution >= 0.6 is 0 Å². The molecule has 1 aliphatic rings. The van der Waals surface area contributed by atoms with Gasteiger partial charge in [-0.15, -0.1) is 0 Å². The molecule has 7 heteroatoms. The Morgan fingerprint density at radius 2 is 1.57 bits per heavy atom. The number of rotatable bonds is 6. The van der Waals surface area contributed by atoms with Crippen LogP contribution in [0.1, 0.15) is 24.0 Å². The summed E-state index contributed by atoms with van der Waals surface area (Å²) in [5.74, 6) is -0.818. The molecule has 1 heterocycles. The van der Waals surface area contributed by atoms with Crippen LogP contribution in [0.15, 0.2) is 65.8 Å². The van der Waals surface area contributed by atoms with Gasteiger partial charge in [0, 0.05) is 5.33 Å². The summed E-state index contributed by atoms with van der Waals surface area (Å²) in [5, 5.41) is 6.72. The summed E-state index contributed by atoms with van der Waals surface area (Å²) in [6, 6.07) is 18.3. The van der Waals surface area contributed by atoms with Crippen molar-refractivity contribution in [2.24, 2.45) is 5.10 Å². The van der Waals surface area contributed by atoms with Crippen molar-refractivity contribution < 1.29 is 19.1 Å². The third kappa shape index (κ3) is 4.79. The highest BCUT2D eigenvalue weighted by atomic mass is 28.3. The quantitative estimate of drug-likeness (QED) is 0.502. The van der Waals surface area contributed by atoms with E-state index in [9.17, 15) is 9.59 Å². The van der Waals surface area contributed by atoms with Gasteiger partial charge in [-0.3, -0.25) is 0 Å². The Labute approximate surface area is 178 Å². The summed E-state index contributed by atoms with van der Waals surface area (Å²) in [7, 11) is -1.96. The maximum Gasteiger partial charge on any atom is 0.431 e. The molecule has 3 rings (SSSR count). The van der Waals surface area contributed by atoms with Crippen LogP contribution in [0.4, 0.5) is 4.79 Å². The molecule has 0 saturated heterocycles. The van der Waals surface area contributed by atoms with Crippen molar-refractivity contribution in [3.63, 3.8) is 0 Å². The van der Waals surface area contributed by atoms with E-state index in [2.05, 4.69) is 24.7 Å². The molecule has 0 radical (unpaired) electrons. The highest BCUT2D eigenvalue weighted by Gasteiger charge is 2.50. The van der Waals surface area contributed by atoms with E-state index in [1.54, 1.807) is 6.92 Å². The number of hydrazone groups is 1. The van der Waals surface area contributed by atoms with Crippen LogP contribution in [0.25, 0.3) is 0 Å². The molecule has 0 fully saturated rings. The first-order valence-corrected chi connectivity index (χ1v) is 13.6. The van der Waals surface area contributed by atoms with Crippen molar-refractivity contribution in [2.75, 3.05) is 6.61 Å². The Balaban J connectivity index is 1.95. The number of benzene rings is 2. The van der Waals surface area contributed by atoms with Gasteiger partial charge >= 0.3 is 12.1 Å². The normalized spacial score (nSPS) is 18.7. The molecular formula is C23H28N2O4Si. The molecule has 0 aromatic heterocycles. The van der Waals surface area contributed by atoms with Gasteiger partial charge in [0.2, 0.25) is 0 Å². The lowest BCUT2D eigenvalue weighted by Gasteiger charge is -2.27. The number of nitrogens with zero attached hydrogens (tertiary/aromatic N) is 2. The summed E-state index contributed by atoms with van der Waals surface area (Å²) >= 11 is 0. The fraction of sp³-hybridized carbons (Fsp3) is 0.348. The van der Waals surface area contributed by atoms with Crippen LogP contribution in [-0.4, -0.2) is 43.1 Å². The van der Waals surface area contributed by atoms with Crippen molar-refractivity contribution >= 4 is 25.5 Å². The number of amides is 1. The first-order chi connectivity index (χ1) is 14.3. The van der Waals surface area contributed by atoms with Gasteiger partial charge in [-0.25, -0.2) is 9.59 Å². The van der Waals surface area contributed by atoms with Crippen LogP contribution in [0.2, 0.25) is 19.6 Å². The lowest BCUT2D eigenvalue weighted by molar-refractivity contribution is -0.148. The van der Waals surface area contributed by atoms with Crippen molar-refractivity contribution in [1.82, 2.24) is 5.01 Å². The van der Waals surface area contributed by atoms with Crippen LogP contribution in [0, 0.1) is 0 Å². The van der Waals surface area contributed by atoms with Gasteiger partial charge in [0.05, 0.1) is 20.6 Å². The zero-order chi connectivity index (χ0) is 21.7. The number of hydrogen-bond donors (Lipinski definition) is 0. The van der Waals surface area contributed by atoms with Gasteiger partial charge < -0.3 is 9.47 Å². The standard InChI is InChI=1S/C23H28N2O4Si/c1-5-28-22(26)20-19(18-14-10-7-11-15-18)21(30(2,3)4)24-25(20)23(27)29-16-17-12-8-6-9-13-17/h6-15,19-20H,5,16H2,1-4H3/t19-,20+/m1/s1. The van der Waals surface area contributed by atoms with Gasteiger partial charge in [-0.05, 0) is 18.1 Å². The van der Waals surface area contributed by atoms with Crippen molar-refractivity contribution in [1.29, 1.82) is 0 Å². The predicted molar refractivity (Wildman–Crippen MR) is 119 cm³/mol. The monoisotopic (exact) mass is 424 g/mol. The highest BCUT2D eigenvalue weighted by molar-refractivity contribution is 7.05. The molecule has 158 valence electrons. The van der Waals surface area contributed by atoms with E-state index in [4.69, 9.17) is 9.47 Å².